The second-order valence-electron chi connectivity index (χ2n) is 4.40. The van der Waals surface area contributed by atoms with Gasteiger partial charge in [0.25, 0.3) is 0 Å². The molecule has 0 atom stereocenters. The predicted molar refractivity (Wildman–Crippen MR) is 78.8 cm³/mol. The molecule has 0 nitrogen and oxygen atoms in total. The molecule has 1 rings (SSSR count). The van der Waals surface area contributed by atoms with Crippen molar-refractivity contribution < 1.29 is 12.4 Å². The van der Waals surface area contributed by atoms with Crippen molar-refractivity contribution in [3.8, 4) is 0 Å². The van der Waals surface area contributed by atoms with Gasteiger partial charge < -0.3 is 12.4 Å². The standard InChI is InChI=1S/C15H24P.ClH/c1-5-14-10-9-11-15(12-14)13-16(6-2,7-3)8-4;/h5,9-12H,1,6-8,13H2,2-4H3;1H/q+1;/p-1. The zero-order chi connectivity index (χ0) is 12.0. The average molecular weight is 271 g/mol. The Bertz CT molecular complexity index is 334. The number of hydrogen-bond acceptors (Lipinski definition) is 0. The van der Waals surface area contributed by atoms with Crippen molar-refractivity contribution in [1.29, 1.82) is 0 Å². The summed E-state index contributed by atoms with van der Waals surface area (Å²) < 4.78 is 0. The first-order valence-electron chi connectivity index (χ1n) is 6.26. The minimum Gasteiger partial charge on any atom is -1.00 e. The summed E-state index contributed by atoms with van der Waals surface area (Å²) in [4.78, 5) is 0. The van der Waals surface area contributed by atoms with Gasteiger partial charge in [0.15, 0.2) is 0 Å². The topological polar surface area (TPSA) is 0 Å². The van der Waals surface area contributed by atoms with Gasteiger partial charge in [-0.15, -0.1) is 0 Å². The lowest BCUT2D eigenvalue weighted by Gasteiger charge is -2.23. The van der Waals surface area contributed by atoms with E-state index in [1.807, 2.05) is 6.08 Å². The van der Waals surface area contributed by atoms with E-state index in [9.17, 15) is 0 Å². The van der Waals surface area contributed by atoms with Crippen molar-refractivity contribution in [2.24, 2.45) is 0 Å². The van der Waals surface area contributed by atoms with Gasteiger partial charge in [0, 0.05) is 7.26 Å². The smallest absolute Gasteiger partial charge is 0.0842 e. The van der Waals surface area contributed by atoms with E-state index in [1.54, 1.807) is 0 Å². The van der Waals surface area contributed by atoms with Crippen molar-refractivity contribution in [2.45, 2.75) is 26.9 Å². The Labute approximate surface area is 113 Å². The molecule has 0 aromatic heterocycles. The minimum absolute atomic E-state index is 0. The normalized spacial score (nSPS) is 10.8. The number of halogens is 1. The molecule has 0 heterocycles. The molecule has 0 unspecified atom stereocenters. The molecule has 2 heteroatoms. The lowest BCUT2D eigenvalue weighted by molar-refractivity contribution is -0.00000353. The van der Waals surface area contributed by atoms with Crippen LogP contribution in [0.2, 0.25) is 0 Å². The maximum absolute atomic E-state index is 3.84. The lowest BCUT2D eigenvalue weighted by Crippen LogP contribution is -3.00. The van der Waals surface area contributed by atoms with E-state index in [1.165, 1.54) is 35.8 Å². The Morgan fingerprint density at radius 3 is 2.18 bits per heavy atom. The summed E-state index contributed by atoms with van der Waals surface area (Å²) in [5.74, 6) is 0. The van der Waals surface area contributed by atoms with Gasteiger partial charge in [-0.2, -0.15) is 0 Å². The number of benzene rings is 1. The molecule has 0 bridgehead atoms. The Morgan fingerprint density at radius 2 is 1.71 bits per heavy atom. The highest BCUT2D eigenvalue weighted by Crippen LogP contribution is 2.60. The van der Waals surface area contributed by atoms with E-state index in [4.69, 9.17) is 0 Å². The van der Waals surface area contributed by atoms with Crippen molar-refractivity contribution in [3.05, 3.63) is 42.0 Å². The van der Waals surface area contributed by atoms with E-state index in [2.05, 4.69) is 51.6 Å². The monoisotopic (exact) mass is 270 g/mol. The Kier molecular flexibility index (Phi) is 7.75. The highest BCUT2D eigenvalue weighted by atomic mass is 35.5. The quantitative estimate of drug-likeness (QED) is 0.693. The SMILES string of the molecule is C=Cc1cccc(C[P+](CC)(CC)CC)c1.[Cl-]. The fourth-order valence-electron chi connectivity index (χ4n) is 2.21. The molecule has 0 aliphatic heterocycles. The van der Waals surface area contributed by atoms with Crippen molar-refractivity contribution in [3.63, 3.8) is 0 Å². The third-order valence-corrected chi connectivity index (χ3v) is 8.78. The molecule has 0 saturated carbocycles. The molecule has 96 valence electrons. The summed E-state index contributed by atoms with van der Waals surface area (Å²) in [7, 11) is -0.725. The van der Waals surface area contributed by atoms with Crippen LogP contribution < -0.4 is 12.4 Å². The summed E-state index contributed by atoms with van der Waals surface area (Å²) in [6.45, 7) is 10.9. The minimum atomic E-state index is -0.725. The first-order chi connectivity index (χ1) is 7.69. The summed E-state index contributed by atoms with van der Waals surface area (Å²) >= 11 is 0. The largest absolute Gasteiger partial charge is 1.00 e. The summed E-state index contributed by atoms with van der Waals surface area (Å²) in [5, 5.41) is 0. The van der Waals surface area contributed by atoms with Gasteiger partial charge in [-0.1, -0.05) is 30.9 Å². The van der Waals surface area contributed by atoms with Crippen LogP contribution in [0.3, 0.4) is 0 Å². The Morgan fingerprint density at radius 1 is 1.12 bits per heavy atom. The van der Waals surface area contributed by atoms with Crippen molar-refractivity contribution in [2.75, 3.05) is 18.5 Å². The fraction of sp³-hybridized carbons (Fsp3) is 0.467. The molecular formula is C15H24ClP. The first-order valence-corrected chi connectivity index (χ1v) is 8.79. The van der Waals surface area contributed by atoms with Crippen LogP contribution in [0.4, 0.5) is 0 Å². The first kappa shape index (κ1) is 16.7. The second kappa shape index (κ2) is 7.90. The molecule has 0 amide bonds. The molecule has 17 heavy (non-hydrogen) atoms. The van der Waals surface area contributed by atoms with Crippen LogP contribution in [0.25, 0.3) is 6.08 Å². The summed E-state index contributed by atoms with van der Waals surface area (Å²) in [6.07, 6.45) is 7.36. The Balaban J connectivity index is 0.00000256. The molecule has 1 aromatic carbocycles. The van der Waals surface area contributed by atoms with E-state index in [-0.39, 0.29) is 12.4 Å². The third-order valence-electron chi connectivity index (χ3n) is 3.72. The molecule has 0 aliphatic rings. The fourth-order valence-corrected chi connectivity index (χ4v) is 5.20. The zero-order valence-electron chi connectivity index (χ0n) is 11.2. The molecule has 0 fully saturated rings. The van der Waals surface area contributed by atoms with Crippen LogP contribution in [0, 0.1) is 0 Å². The highest BCUT2D eigenvalue weighted by Gasteiger charge is 2.31. The molecule has 0 N–H and O–H groups in total. The van der Waals surface area contributed by atoms with Gasteiger partial charge in [0.2, 0.25) is 0 Å². The summed E-state index contributed by atoms with van der Waals surface area (Å²) in [6, 6.07) is 8.84. The zero-order valence-corrected chi connectivity index (χ0v) is 12.9. The predicted octanol–water partition coefficient (Wildman–Crippen LogP) is 1.91. The van der Waals surface area contributed by atoms with Gasteiger partial charge in [-0.3, -0.25) is 0 Å². The maximum atomic E-state index is 3.84. The van der Waals surface area contributed by atoms with Gasteiger partial charge in [-0.25, -0.2) is 0 Å². The molecule has 0 aliphatic carbocycles. The van der Waals surface area contributed by atoms with Crippen LogP contribution in [0.5, 0.6) is 0 Å². The number of rotatable bonds is 6. The van der Waals surface area contributed by atoms with Crippen LogP contribution in [-0.2, 0) is 6.16 Å². The van der Waals surface area contributed by atoms with E-state index < -0.39 is 7.26 Å². The molecular weight excluding hydrogens is 247 g/mol. The van der Waals surface area contributed by atoms with Gasteiger partial charge in [0.05, 0.1) is 24.6 Å². The Hall–Kier alpha value is -0.320. The lowest BCUT2D eigenvalue weighted by atomic mass is 10.1. The maximum Gasteiger partial charge on any atom is 0.0842 e. The van der Waals surface area contributed by atoms with Crippen LogP contribution in [0.1, 0.15) is 31.9 Å². The van der Waals surface area contributed by atoms with Gasteiger partial charge in [0.1, 0.15) is 0 Å². The third kappa shape index (κ3) is 4.45. The number of hydrogen-bond donors (Lipinski definition) is 0. The van der Waals surface area contributed by atoms with Gasteiger partial charge in [-0.05, 0) is 38.0 Å². The van der Waals surface area contributed by atoms with Gasteiger partial charge >= 0.3 is 0 Å². The molecule has 0 radical (unpaired) electrons. The van der Waals surface area contributed by atoms with E-state index >= 15 is 0 Å². The van der Waals surface area contributed by atoms with Crippen LogP contribution in [0.15, 0.2) is 30.8 Å². The average Bonchev–Trinajstić information content (AvgIpc) is 2.36. The molecule has 0 saturated heterocycles. The van der Waals surface area contributed by atoms with E-state index in [0.29, 0.717) is 0 Å². The van der Waals surface area contributed by atoms with E-state index in [0.717, 1.165) is 0 Å². The summed E-state index contributed by atoms with van der Waals surface area (Å²) in [5.41, 5.74) is 2.75. The van der Waals surface area contributed by atoms with Crippen molar-refractivity contribution in [1.82, 2.24) is 0 Å². The van der Waals surface area contributed by atoms with Crippen LogP contribution in [-0.4, -0.2) is 18.5 Å². The second-order valence-corrected chi connectivity index (χ2v) is 9.29. The molecule has 1 aromatic rings. The van der Waals surface area contributed by atoms with Crippen molar-refractivity contribution >= 4 is 13.3 Å². The van der Waals surface area contributed by atoms with Crippen LogP contribution >= 0.6 is 7.26 Å². The highest BCUT2D eigenvalue weighted by molar-refractivity contribution is 7.75. The molecule has 0 spiro atoms.